The number of hydrogen-bond donors (Lipinski definition) is 1. The van der Waals surface area contributed by atoms with E-state index in [1.165, 1.54) is 10.3 Å². The average molecular weight is 369 g/mol. The number of benzene rings is 2. The van der Waals surface area contributed by atoms with Crippen LogP contribution >= 0.6 is 11.3 Å². The van der Waals surface area contributed by atoms with Gasteiger partial charge in [-0.3, -0.25) is 4.90 Å². The van der Waals surface area contributed by atoms with Gasteiger partial charge in [-0.2, -0.15) is 0 Å². The van der Waals surface area contributed by atoms with Crippen molar-refractivity contribution in [2.24, 2.45) is 0 Å². The topological polar surface area (TPSA) is 46.6 Å². The predicted molar refractivity (Wildman–Crippen MR) is 106 cm³/mol. The Hall–Kier alpha value is -2.31. The van der Waals surface area contributed by atoms with Gasteiger partial charge in [0.05, 0.1) is 10.2 Å². The molecule has 6 heteroatoms. The first-order valence-corrected chi connectivity index (χ1v) is 9.79. The van der Waals surface area contributed by atoms with Crippen molar-refractivity contribution in [3.05, 3.63) is 48.0 Å². The number of para-hydroxylation sites is 1. The highest BCUT2D eigenvalue weighted by Gasteiger charge is 2.19. The van der Waals surface area contributed by atoms with Gasteiger partial charge in [0.1, 0.15) is 0 Å². The van der Waals surface area contributed by atoms with Crippen LogP contribution in [0.15, 0.2) is 42.5 Å². The fourth-order valence-electron chi connectivity index (χ4n) is 3.26. The number of rotatable bonds is 7. The van der Waals surface area contributed by atoms with Gasteiger partial charge in [0, 0.05) is 19.1 Å². The summed E-state index contributed by atoms with van der Waals surface area (Å²) in [7, 11) is 0. The summed E-state index contributed by atoms with van der Waals surface area (Å²) in [5.74, 6) is 1.68. The Morgan fingerprint density at radius 2 is 2.04 bits per heavy atom. The molecule has 1 unspecified atom stereocenters. The second kappa shape index (κ2) is 7.51. The third-order valence-electron chi connectivity index (χ3n) is 4.80. The molecule has 2 heterocycles. The molecule has 0 aliphatic carbocycles. The lowest BCUT2D eigenvalue weighted by atomic mass is 10.1. The molecule has 0 spiro atoms. The minimum Gasteiger partial charge on any atom is -0.454 e. The molecule has 0 radical (unpaired) electrons. The number of aromatic nitrogens is 1. The highest BCUT2D eigenvalue weighted by molar-refractivity contribution is 7.22. The molecule has 26 heavy (non-hydrogen) atoms. The van der Waals surface area contributed by atoms with Crippen molar-refractivity contribution < 1.29 is 9.47 Å². The second-order valence-corrected chi connectivity index (χ2v) is 7.36. The zero-order valence-corrected chi connectivity index (χ0v) is 15.9. The van der Waals surface area contributed by atoms with Gasteiger partial charge >= 0.3 is 0 Å². The van der Waals surface area contributed by atoms with Gasteiger partial charge in [-0.15, -0.1) is 0 Å². The van der Waals surface area contributed by atoms with E-state index >= 15 is 0 Å². The summed E-state index contributed by atoms with van der Waals surface area (Å²) < 4.78 is 12.1. The van der Waals surface area contributed by atoms with Crippen LogP contribution in [0.5, 0.6) is 11.5 Å². The smallest absolute Gasteiger partial charge is 0.231 e. The summed E-state index contributed by atoms with van der Waals surface area (Å²) in [5, 5.41) is 4.45. The van der Waals surface area contributed by atoms with E-state index in [9.17, 15) is 0 Å². The van der Waals surface area contributed by atoms with E-state index in [-0.39, 0.29) is 0 Å². The third kappa shape index (κ3) is 3.48. The summed E-state index contributed by atoms with van der Waals surface area (Å²) in [4.78, 5) is 7.08. The van der Waals surface area contributed by atoms with Gasteiger partial charge in [0.25, 0.3) is 0 Å². The van der Waals surface area contributed by atoms with Crippen molar-refractivity contribution in [1.29, 1.82) is 0 Å². The van der Waals surface area contributed by atoms with Crippen LogP contribution in [0.4, 0.5) is 5.13 Å². The summed E-state index contributed by atoms with van der Waals surface area (Å²) >= 11 is 1.70. The number of ether oxygens (including phenoxy) is 2. The monoisotopic (exact) mass is 369 g/mol. The van der Waals surface area contributed by atoms with Crippen LogP contribution in [0.25, 0.3) is 10.2 Å². The van der Waals surface area contributed by atoms with E-state index in [0.29, 0.717) is 12.8 Å². The third-order valence-corrected chi connectivity index (χ3v) is 5.80. The van der Waals surface area contributed by atoms with Crippen LogP contribution in [-0.4, -0.2) is 36.3 Å². The van der Waals surface area contributed by atoms with Crippen LogP contribution in [0, 0.1) is 0 Å². The molecular formula is C20H23N3O2S. The number of hydrogen-bond acceptors (Lipinski definition) is 6. The number of likely N-dealkylation sites (N-methyl/N-ethyl adjacent to an activating group) is 1. The van der Waals surface area contributed by atoms with Crippen molar-refractivity contribution in [3.8, 4) is 11.5 Å². The molecule has 136 valence electrons. The Bertz CT molecular complexity index is 863. The Morgan fingerprint density at radius 1 is 1.19 bits per heavy atom. The lowest BCUT2D eigenvalue weighted by Crippen LogP contribution is -2.31. The Balaban J connectivity index is 1.37. The number of anilines is 1. The van der Waals surface area contributed by atoms with Gasteiger partial charge in [0.15, 0.2) is 16.6 Å². The predicted octanol–water partition coefficient (Wildman–Crippen LogP) is 4.52. The Morgan fingerprint density at radius 3 is 2.88 bits per heavy atom. The fourth-order valence-corrected chi connectivity index (χ4v) is 4.16. The van der Waals surface area contributed by atoms with Crippen molar-refractivity contribution in [2.75, 3.05) is 31.7 Å². The molecule has 1 aliphatic heterocycles. The first-order chi connectivity index (χ1) is 12.7. The molecule has 1 aliphatic rings. The second-order valence-electron chi connectivity index (χ2n) is 6.33. The molecule has 5 nitrogen and oxygen atoms in total. The lowest BCUT2D eigenvalue weighted by Gasteiger charge is -2.28. The SMILES string of the molecule is CCN(CCNc1nc2ccccc2s1)C(C)c1ccc2c(c1)OCO2. The maximum absolute atomic E-state index is 5.51. The van der Waals surface area contributed by atoms with Crippen molar-refractivity contribution >= 4 is 26.7 Å². The largest absolute Gasteiger partial charge is 0.454 e. The molecule has 1 atom stereocenters. The van der Waals surface area contributed by atoms with E-state index in [1.807, 2.05) is 12.1 Å². The van der Waals surface area contributed by atoms with Crippen LogP contribution < -0.4 is 14.8 Å². The van der Waals surface area contributed by atoms with Crippen molar-refractivity contribution in [3.63, 3.8) is 0 Å². The number of nitrogens with one attached hydrogen (secondary N) is 1. The van der Waals surface area contributed by atoms with E-state index in [2.05, 4.69) is 59.4 Å². The molecule has 0 amide bonds. The molecule has 0 bridgehead atoms. The minimum absolute atomic E-state index is 0.312. The van der Waals surface area contributed by atoms with Crippen LogP contribution in [0.2, 0.25) is 0 Å². The highest BCUT2D eigenvalue weighted by atomic mass is 32.1. The molecule has 1 N–H and O–H groups in total. The van der Waals surface area contributed by atoms with Crippen LogP contribution in [0.1, 0.15) is 25.5 Å². The molecule has 4 rings (SSSR count). The summed E-state index contributed by atoms with van der Waals surface area (Å²) in [6, 6.07) is 14.8. The Kier molecular flexibility index (Phi) is 4.95. The summed E-state index contributed by atoms with van der Waals surface area (Å²) in [6.07, 6.45) is 0. The zero-order valence-electron chi connectivity index (χ0n) is 15.1. The normalized spacial score (nSPS) is 14.1. The van der Waals surface area contributed by atoms with Gasteiger partial charge in [0.2, 0.25) is 6.79 Å². The number of fused-ring (bicyclic) bond motifs is 2. The first kappa shape index (κ1) is 17.1. The van der Waals surface area contributed by atoms with E-state index in [0.717, 1.165) is 41.8 Å². The fraction of sp³-hybridized carbons (Fsp3) is 0.350. The van der Waals surface area contributed by atoms with Gasteiger partial charge in [-0.25, -0.2) is 4.98 Å². The standard InChI is InChI=1S/C20H23N3O2S/c1-3-23(14(2)15-8-9-17-18(12-15)25-13-24-17)11-10-21-20-22-16-6-4-5-7-19(16)26-20/h4-9,12,14H,3,10-11,13H2,1-2H3,(H,21,22). The van der Waals surface area contributed by atoms with Crippen LogP contribution in [0.3, 0.4) is 0 Å². The molecule has 0 saturated heterocycles. The molecule has 0 saturated carbocycles. The maximum Gasteiger partial charge on any atom is 0.231 e. The van der Waals surface area contributed by atoms with E-state index < -0.39 is 0 Å². The van der Waals surface area contributed by atoms with E-state index in [1.54, 1.807) is 11.3 Å². The van der Waals surface area contributed by atoms with Crippen LogP contribution in [-0.2, 0) is 0 Å². The summed E-state index contributed by atoms with van der Waals surface area (Å²) in [6.45, 7) is 7.54. The average Bonchev–Trinajstić information content (AvgIpc) is 3.30. The van der Waals surface area contributed by atoms with Gasteiger partial charge in [-0.05, 0) is 43.3 Å². The van der Waals surface area contributed by atoms with Gasteiger partial charge < -0.3 is 14.8 Å². The molecular weight excluding hydrogens is 346 g/mol. The zero-order chi connectivity index (χ0) is 17.9. The lowest BCUT2D eigenvalue weighted by molar-refractivity contribution is 0.173. The Labute approximate surface area is 157 Å². The van der Waals surface area contributed by atoms with Gasteiger partial charge in [-0.1, -0.05) is 36.5 Å². The van der Waals surface area contributed by atoms with Crippen molar-refractivity contribution in [2.45, 2.75) is 19.9 Å². The molecule has 0 fully saturated rings. The highest BCUT2D eigenvalue weighted by Crippen LogP contribution is 2.35. The minimum atomic E-state index is 0.312. The quantitative estimate of drug-likeness (QED) is 0.663. The summed E-state index contributed by atoms with van der Waals surface area (Å²) in [5.41, 5.74) is 2.30. The first-order valence-electron chi connectivity index (χ1n) is 8.97. The molecule has 3 aromatic rings. The maximum atomic E-state index is 5.51. The van der Waals surface area contributed by atoms with E-state index in [4.69, 9.17) is 9.47 Å². The van der Waals surface area contributed by atoms with Crippen molar-refractivity contribution in [1.82, 2.24) is 9.88 Å². The number of thiazole rings is 1. The molecule has 2 aromatic carbocycles. The molecule has 1 aromatic heterocycles. The number of nitrogens with zero attached hydrogens (tertiary/aromatic N) is 2.